The molecule has 18 heavy (non-hydrogen) atoms. The maximum absolute atomic E-state index is 10.2. The van der Waals surface area contributed by atoms with Gasteiger partial charge >= 0.3 is 0 Å². The third kappa shape index (κ3) is 3.44. The normalized spacial score (nSPS) is 30.6. The number of aliphatic hydroxyl groups excluding tert-OH is 1. The molecule has 1 aliphatic rings. The van der Waals surface area contributed by atoms with Gasteiger partial charge in [0.2, 0.25) is 0 Å². The Morgan fingerprint density at radius 2 is 2.00 bits per heavy atom. The summed E-state index contributed by atoms with van der Waals surface area (Å²) < 4.78 is 6.32. The zero-order chi connectivity index (χ0) is 14.2. The molecule has 4 heteroatoms. The largest absolute Gasteiger partial charge is 0.410 e. The van der Waals surface area contributed by atoms with Crippen LogP contribution in [-0.2, 0) is 4.43 Å². The quantitative estimate of drug-likeness (QED) is 0.613. The lowest BCUT2D eigenvalue weighted by molar-refractivity contribution is -0.0598. The second-order valence-electron chi connectivity index (χ2n) is 7.11. The van der Waals surface area contributed by atoms with Crippen molar-refractivity contribution in [1.29, 1.82) is 0 Å². The van der Waals surface area contributed by atoms with Crippen molar-refractivity contribution in [2.45, 2.75) is 69.9 Å². The third-order valence-electron chi connectivity index (χ3n) is 4.47. The third-order valence-corrected chi connectivity index (χ3v) is 8.96. The van der Waals surface area contributed by atoms with Gasteiger partial charge < -0.3 is 14.6 Å². The second kappa shape index (κ2) is 5.08. The Morgan fingerprint density at radius 1 is 1.44 bits per heavy atom. The van der Waals surface area contributed by atoms with E-state index in [4.69, 9.17) is 4.43 Å². The molecule has 0 unspecified atom stereocenters. The zero-order valence-electron chi connectivity index (χ0n) is 12.4. The van der Waals surface area contributed by atoms with Gasteiger partial charge in [-0.25, -0.2) is 0 Å². The molecule has 0 bridgehead atoms. The van der Waals surface area contributed by atoms with Crippen LogP contribution in [0, 0.1) is 0 Å². The highest BCUT2D eigenvalue weighted by molar-refractivity contribution is 6.74. The van der Waals surface area contributed by atoms with Gasteiger partial charge in [-0.1, -0.05) is 27.4 Å². The Morgan fingerprint density at radius 3 is 2.44 bits per heavy atom. The SMILES string of the molecule is C=C1CC[C@@](O)(CO)C[C@H]1O[Si](C)(C)C(C)(C)C. The molecule has 1 aliphatic carbocycles. The van der Waals surface area contributed by atoms with Gasteiger partial charge in [-0.15, -0.1) is 0 Å². The van der Waals surface area contributed by atoms with E-state index >= 15 is 0 Å². The van der Waals surface area contributed by atoms with Crippen molar-refractivity contribution in [3.05, 3.63) is 12.2 Å². The minimum Gasteiger partial charge on any atom is -0.410 e. The molecule has 2 atom stereocenters. The van der Waals surface area contributed by atoms with Crippen LogP contribution in [0.2, 0.25) is 18.1 Å². The average molecular weight is 272 g/mol. The monoisotopic (exact) mass is 272 g/mol. The Balaban J connectivity index is 2.79. The van der Waals surface area contributed by atoms with E-state index < -0.39 is 13.9 Å². The predicted octanol–water partition coefficient (Wildman–Crippen LogP) is 2.84. The highest BCUT2D eigenvalue weighted by atomic mass is 28.4. The van der Waals surface area contributed by atoms with E-state index in [-0.39, 0.29) is 17.7 Å². The molecule has 2 N–H and O–H groups in total. The van der Waals surface area contributed by atoms with E-state index in [9.17, 15) is 10.2 Å². The van der Waals surface area contributed by atoms with Crippen LogP contribution in [0.15, 0.2) is 12.2 Å². The lowest BCUT2D eigenvalue weighted by Gasteiger charge is -2.44. The highest BCUT2D eigenvalue weighted by Crippen LogP contribution is 2.41. The first-order valence-electron chi connectivity index (χ1n) is 6.69. The van der Waals surface area contributed by atoms with E-state index in [0.29, 0.717) is 12.8 Å². The van der Waals surface area contributed by atoms with E-state index in [2.05, 4.69) is 40.4 Å². The van der Waals surface area contributed by atoms with Gasteiger partial charge in [0.1, 0.15) is 0 Å². The lowest BCUT2D eigenvalue weighted by Crippen LogP contribution is -2.49. The van der Waals surface area contributed by atoms with Crippen LogP contribution in [-0.4, -0.2) is 36.8 Å². The Kier molecular flexibility index (Phi) is 4.48. The van der Waals surface area contributed by atoms with Crippen molar-refractivity contribution in [3.63, 3.8) is 0 Å². The van der Waals surface area contributed by atoms with Crippen LogP contribution in [0.5, 0.6) is 0 Å². The summed E-state index contributed by atoms with van der Waals surface area (Å²) in [4.78, 5) is 0. The van der Waals surface area contributed by atoms with Crippen LogP contribution in [0.25, 0.3) is 0 Å². The van der Waals surface area contributed by atoms with E-state index in [1.54, 1.807) is 0 Å². The maximum atomic E-state index is 10.2. The summed E-state index contributed by atoms with van der Waals surface area (Å²) in [6, 6.07) is 0. The fraction of sp³-hybridized carbons (Fsp3) is 0.857. The molecule has 0 aromatic rings. The van der Waals surface area contributed by atoms with Crippen molar-refractivity contribution in [3.8, 4) is 0 Å². The van der Waals surface area contributed by atoms with Crippen LogP contribution in [0.1, 0.15) is 40.0 Å². The van der Waals surface area contributed by atoms with Crippen molar-refractivity contribution in [1.82, 2.24) is 0 Å². The first-order chi connectivity index (χ1) is 8.01. The molecule has 1 rings (SSSR count). The lowest BCUT2D eigenvalue weighted by atomic mass is 9.81. The molecule has 0 amide bonds. The molecule has 0 saturated heterocycles. The Bertz CT molecular complexity index is 319. The molecule has 0 heterocycles. The zero-order valence-corrected chi connectivity index (χ0v) is 13.4. The Hall–Kier alpha value is -0.163. The maximum Gasteiger partial charge on any atom is 0.192 e. The summed E-state index contributed by atoms with van der Waals surface area (Å²) in [5, 5.41) is 19.6. The molecule has 0 aliphatic heterocycles. The molecule has 0 spiro atoms. The van der Waals surface area contributed by atoms with Crippen LogP contribution in [0.4, 0.5) is 0 Å². The van der Waals surface area contributed by atoms with Gasteiger partial charge in [0.05, 0.1) is 18.3 Å². The number of hydrogen-bond donors (Lipinski definition) is 2. The van der Waals surface area contributed by atoms with E-state index in [1.807, 2.05) is 0 Å². The van der Waals surface area contributed by atoms with Crippen molar-refractivity contribution >= 4 is 8.32 Å². The molecule has 106 valence electrons. The molecule has 0 aromatic heterocycles. The summed E-state index contributed by atoms with van der Waals surface area (Å²) >= 11 is 0. The molecular weight excluding hydrogens is 244 g/mol. The minimum atomic E-state index is -1.86. The average Bonchev–Trinajstić information content (AvgIpc) is 2.22. The van der Waals surface area contributed by atoms with Crippen molar-refractivity contribution in [2.24, 2.45) is 0 Å². The molecule has 0 aromatic carbocycles. The topological polar surface area (TPSA) is 49.7 Å². The molecule has 1 saturated carbocycles. The van der Waals surface area contributed by atoms with Crippen LogP contribution >= 0.6 is 0 Å². The van der Waals surface area contributed by atoms with E-state index in [0.717, 1.165) is 12.0 Å². The number of aliphatic hydroxyl groups is 2. The standard InChI is InChI=1S/C14H28O3Si/c1-11-7-8-14(16,10-15)9-12(11)17-18(5,6)13(2,3)4/h12,15-16H,1,7-10H2,2-6H3/t12-,14+/m1/s1. The molecule has 3 nitrogen and oxygen atoms in total. The van der Waals surface area contributed by atoms with Gasteiger partial charge in [0, 0.05) is 6.42 Å². The summed E-state index contributed by atoms with van der Waals surface area (Å²) in [5.41, 5.74) is 0.0618. The van der Waals surface area contributed by atoms with Crippen LogP contribution in [0.3, 0.4) is 0 Å². The van der Waals surface area contributed by atoms with Crippen molar-refractivity contribution < 1.29 is 14.6 Å². The first kappa shape index (κ1) is 15.9. The first-order valence-corrected chi connectivity index (χ1v) is 9.60. The van der Waals surface area contributed by atoms with Gasteiger partial charge in [-0.2, -0.15) is 0 Å². The smallest absolute Gasteiger partial charge is 0.192 e. The fourth-order valence-electron chi connectivity index (χ4n) is 1.95. The van der Waals surface area contributed by atoms with Gasteiger partial charge in [-0.05, 0) is 36.5 Å². The number of hydrogen-bond acceptors (Lipinski definition) is 3. The molecule has 0 radical (unpaired) electrons. The Labute approximate surface area is 112 Å². The van der Waals surface area contributed by atoms with Gasteiger partial charge in [0.25, 0.3) is 0 Å². The summed E-state index contributed by atoms with van der Waals surface area (Å²) in [5.74, 6) is 0. The predicted molar refractivity (Wildman–Crippen MR) is 77.1 cm³/mol. The molecular formula is C14H28O3Si. The fourth-order valence-corrected chi connectivity index (χ4v) is 3.26. The number of rotatable bonds is 3. The van der Waals surface area contributed by atoms with E-state index in [1.165, 1.54) is 0 Å². The van der Waals surface area contributed by atoms with Crippen molar-refractivity contribution in [2.75, 3.05) is 6.61 Å². The second-order valence-corrected chi connectivity index (χ2v) is 11.9. The summed E-state index contributed by atoms with van der Waals surface area (Å²) in [6.07, 6.45) is 1.67. The summed E-state index contributed by atoms with van der Waals surface area (Å²) in [7, 11) is -1.86. The highest BCUT2D eigenvalue weighted by Gasteiger charge is 2.43. The van der Waals surface area contributed by atoms with Gasteiger partial charge in [-0.3, -0.25) is 0 Å². The summed E-state index contributed by atoms with van der Waals surface area (Å²) in [6.45, 7) is 14.9. The van der Waals surface area contributed by atoms with Gasteiger partial charge in [0.15, 0.2) is 8.32 Å². The van der Waals surface area contributed by atoms with Crippen LogP contribution < -0.4 is 0 Å². The molecule has 1 fully saturated rings. The minimum absolute atomic E-state index is 0.114.